The third kappa shape index (κ3) is 5.50. The summed E-state index contributed by atoms with van der Waals surface area (Å²) in [5, 5.41) is 0.691. The highest BCUT2D eigenvalue weighted by Gasteiger charge is 2.21. The summed E-state index contributed by atoms with van der Waals surface area (Å²) in [6.07, 6.45) is 2.87. The molecule has 1 fully saturated rings. The fourth-order valence-corrected chi connectivity index (χ4v) is 2.98. The van der Waals surface area contributed by atoms with Gasteiger partial charge in [0.15, 0.2) is 0 Å². The van der Waals surface area contributed by atoms with Crippen LogP contribution in [0.5, 0.6) is 5.75 Å². The van der Waals surface area contributed by atoms with Gasteiger partial charge in [-0.2, -0.15) is 0 Å². The third-order valence-electron chi connectivity index (χ3n) is 3.71. The average molecular weight is 312 g/mol. The minimum Gasteiger partial charge on any atom is -0.492 e. The number of ether oxygens (including phenoxy) is 2. The molecule has 1 heterocycles. The van der Waals surface area contributed by atoms with Gasteiger partial charge in [0.1, 0.15) is 5.75 Å². The van der Waals surface area contributed by atoms with Crippen LogP contribution in [0.1, 0.15) is 32.3 Å². The van der Waals surface area contributed by atoms with Gasteiger partial charge in [-0.15, -0.1) is 0 Å². The van der Waals surface area contributed by atoms with Gasteiger partial charge in [-0.3, -0.25) is 4.90 Å². The molecule has 2 atom stereocenters. The van der Waals surface area contributed by atoms with E-state index in [1.54, 1.807) is 0 Å². The van der Waals surface area contributed by atoms with E-state index in [0.717, 1.165) is 44.8 Å². The van der Waals surface area contributed by atoms with Gasteiger partial charge < -0.3 is 9.47 Å². The van der Waals surface area contributed by atoms with E-state index in [1.807, 2.05) is 25.1 Å². The molecule has 4 heteroatoms. The lowest BCUT2D eigenvalue weighted by Gasteiger charge is -2.35. The van der Waals surface area contributed by atoms with Gasteiger partial charge in [0.05, 0.1) is 23.8 Å². The Morgan fingerprint density at radius 3 is 2.67 bits per heavy atom. The maximum Gasteiger partial charge on any atom is 0.138 e. The molecule has 0 radical (unpaired) electrons. The summed E-state index contributed by atoms with van der Waals surface area (Å²) >= 11 is 6.12. The quantitative estimate of drug-likeness (QED) is 0.743. The van der Waals surface area contributed by atoms with E-state index in [9.17, 15) is 0 Å². The Kier molecular flexibility index (Phi) is 6.34. The Morgan fingerprint density at radius 2 is 1.95 bits per heavy atom. The Bertz CT molecular complexity index is 442. The normalized spacial score (nSPS) is 23.2. The van der Waals surface area contributed by atoms with Crippen molar-refractivity contribution in [1.82, 2.24) is 4.90 Å². The van der Waals surface area contributed by atoms with Crippen LogP contribution in [0.15, 0.2) is 18.2 Å². The van der Waals surface area contributed by atoms with Crippen molar-refractivity contribution < 1.29 is 9.47 Å². The van der Waals surface area contributed by atoms with Crippen molar-refractivity contribution in [3.8, 4) is 5.75 Å². The Labute approximate surface area is 133 Å². The molecule has 3 nitrogen and oxygen atoms in total. The van der Waals surface area contributed by atoms with Crippen molar-refractivity contribution in [3.63, 3.8) is 0 Å². The molecule has 118 valence electrons. The van der Waals surface area contributed by atoms with Crippen LogP contribution in [0.2, 0.25) is 5.02 Å². The summed E-state index contributed by atoms with van der Waals surface area (Å²) in [6, 6.07) is 5.88. The van der Waals surface area contributed by atoms with Crippen molar-refractivity contribution in [2.75, 3.05) is 26.2 Å². The van der Waals surface area contributed by atoms with Crippen molar-refractivity contribution in [2.24, 2.45) is 0 Å². The molecule has 0 amide bonds. The Morgan fingerprint density at radius 1 is 1.24 bits per heavy atom. The van der Waals surface area contributed by atoms with E-state index in [2.05, 4.69) is 18.7 Å². The molecular formula is C17H26ClNO2. The number of benzene rings is 1. The minimum absolute atomic E-state index is 0.344. The number of hydrogen-bond donors (Lipinski definition) is 0. The second-order valence-electron chi connectivity index (χ2n) is 6.01. The predicted octanol–water partition coefficient (Wildman–Crippen LogP) is 3.92. The molecule has 1 aliphatic rings. The van der Waals surface area contributed by atoms with Gasteiger partial charge in [-0.05, 0) is 57.9 Å². The molecule has 1 aliphatic heterocycles. The van der Waals surface area contributed by atoms with E-state index in [4.69, 9.17) is 21.1 Å². The monoisotopic (exact) mass is 311 g/mol. The minimum atomic E-state index is 0.344. The lowest BCUT2D eigenvalue weighted by Crippen LogP contribution is -2.45. The number of aryl methyl sites for hydroxylation is 1. The van der Waals surface area contributed by atoms with E-state index in [0.29, 0.717) is 17.2 Å². The van der Waals surface area contributed by atoms with Gasteiger partial charge in [0.25, 0.3) is 0 Å². The molecule has 0 saturated carbocycles. The summed E-state index contributed by atoms with van der Waals surface area (Å²) in [5.41, 5.74) is 1.17. The first-order chi connectivity index (χ1) is 10.0. The largest absolute Gasteiger partial charge is 0.492 e. The molecule has 0 bridgehead atoms. The predicted molar refractivity (Wildman–Crippen MR) is 87.4 cm³/mol. The van der Waals surface area contributed by atoms with Crippen LogP contribution < -0.4 is 4.74 Å². The molecule has 21 heavy (non-hydrogen) atoms. The summed E-state index contributed by atoms with van der Waals surface area (Å²) in [6.45, 7) is 10.2. The lowest BCUT2D eigenvalue weighted by molar-refractivity contribution is -0.0682. The zero-order valence-corrected chi connectivity index (χ0v) is 14.0. The zero-order valence-electron chi connectivity index (χ0n) is 13.3. The first-order valence-electron chi connectivity index (χ1n) is 7.81. The zero-order chi connectivity index (χ0) is 15.2. The SMILES string of the molecule is Cc1ccc(Cl)c(OCCCCN2C[C@@H](C)O[C@H](C)C2)c1. The highest BCUT2D eigenvalue weighted by Crippen LogP contribution is 2.25. The van der Waals surface area contributed by atoms with Crippen molar-refractivity contribution in [3.05, 3.63) is 28.8 Å². The number of halogens is 1. The van der Waals surface area contributed by atoms with Crippen LogP contribution in [0, 0.1) is 6.92 Å². The standard InChI is InChI=1S/C17H26ClNO2/c1-13-6-7-16(18)17(10-13)20-9-5-4-8-19-11-14(2)21-15(3)12-19/h6-7,10,14-15H,4-5,8-9,11-12H2,1-3H3/t14-,15-/m1/s1. The van der Waals surface area contributed by atoms with Crippen LogP contribution in [0.4, 0.5) is 0 Å². The average Bonchev–Trinajstić information content (AvgIpc) is 2.41. The number of unbranched alkanes of at least 4 members (excludes halogenated alkanes) is 1. The molecule has 1 aromatic carbocycles. The van der Waals surface area contributed by atoms with Crippen molar-refractivity contribution >= 4 is 11.6 Å². The molecule has 2 rings (SSSR count). The second kappa shape index (κ2) is 8.02. The van der Waals surface area contributed by atoms with Crippen molar-refractivity contribution in [2.45, 2.75) is 45.8 Å². The Balaban J connectivity index is 1.65. The topological polar surface area (TPSA) is 21.7 Å². The van der Waals surface area contributed by atoms with E-state index in [-0.39, 0.29) is 0 Å². The first kappa shape index (κ1) is 16.6. The van der Waals surface area contributed by atoms with E-state index >= 15 is 0 Å². The smallest absolute Gasteiger partial charge is 0.138 e. The molecule has 0 spiro atoms. The van der Waals surface area contributed by atoms with Crippen LogP contribution >= 0.6 is 11.6 Å². The summed E-state index contributed by atoms with van der Waals surface area (Å²) in [7, 11) is 0. The molecular weight excluding hydrogens is 286 g/mol. The van der Waals surface area contributed by atoms with Crippen LogP contribution in [0.25, 0.3) is 0 Å². The molecule has 0 unspecified atom stereocenters. The second-order valence-corrected chi connectivity index (χ2v) is 6.41. The Hall–Kier alpha value is -0.770. The number of hydrogen-bond acceptors (Lipinski definition) is 3. The number of morpholine rings is 1. The number of nitrogens with zero attached hydrogens (tertiary/aromatic N) is 1. The van der Waals surface area contributed by atoms with E-state index < -0.39 is 0 Å². The third-order valence-corrected chi connectivity index (χ3v) is 4.02. The number of rotatable bonds is 6. The fourth-order valence-electron chi connectivity index (χ4n) is 2.81. The fraction of sp³-hybridized carbons (Fsp3) is 0.647. The maximum atomic E-state index is 6.12. The van der Waals surface area contributed by atoms with Crippen LogP contribution in [-0.4, -0.2) is 43.3 Å². The first-order valence-corrected chi connectivity index (χ1v) is 8.19. The van der Waals surface area contributed by atoms with Gasteiger partial charge >= 0.3 is 0 Å². The van der Waals surface area contributed by atoms with E-state index in [1.165, 1.54) is 5.56 Å². The van der Waals surface area contributed by atoms with Crippen molar-refractivity contribution in [1.29, 1.82) is 0 Å². The molecule has 0 aromatic heterocycles. The van der Waals surface area contributed by atoms with Gasteiger partial charge in [0, 0.05) is 13.1 Å². The maximum absolute atomic E-state index is 6.12. The summed E-state index contributed by atoms with van der Waals surface area (Å²) in [4.78, 5) is 2.48. The summed E-state index contributed by atoms with van der Waals surface area (Å²) < 4.78 is 11.5. The highest BCUT2D eigenvalue weighted by atomic mass is 35.5. The van der Waals surface area contributed by atoms with Gasteiger partial charge in [-0.1, -0.05) is 17.7 Å². The lowest BCUT2D eigenvalue weighted by atomic mass is 10.2. The molecule has 0 N–H and O–H groups in total. The summed E-state index contributed by atoms with van der Waals surface area (Å²) in [5.74, 6) is 0.797. The van der Waals surface area contributed by atoms with Crippen LogP contribution in [0.3, 0.4) is 0 Å². The molecule has 1 aromatic rings. The molecule has 1 saturated heterocycles. The highest BCUT2D eigenvalue weighted by molar-refractivity contribution is 6.32. The van der Waals surface area contributed by atoms with Crippen LogP contribution in [-0.2, 0) is 4.74 Å². The molecule has 0 aliphatic carbocycles. The van der Waals surface area contributed by atoms with Gasteiger partial charge in [-0.25, -0.2) is 0 Å². The van der Waals surface area contributed by atoms with Gasteiger partial charge in [0.2, 0.25) is 0 Å².